The predicted molar refractivity (Wildman–Crippen MR) is 195 cm³/mol. The Morgan fingerprint density at radius 1 is 0.902 bits per heavy atom. The first-order valence-electron chi connectivity index (χ1n) is 16.8. The van der Waals surface area contributed by atoms with E-state index in [1.807, 2.05) is 0 Å². The number of amides is 1. The highest BCUT2D eigenvalue weighted by molar-refractivity contribution is 6.30. The molecule has 1 amide bonds. The summed E-state index contributed by atoms with van der Waals surface area (Å²) in [6.07, 6.45) is 6.27. The fourth-order valence-corrected chi connectivity index (χ4v) is 6.34. The molecule has 1 saturated heterocycles. The van der Waals surface area contributed by atoms with Gasteiger partial charge in [-0.05, 0) is 93.0 Å². The van der Waals surface area contributed by atoms with Gasteiger partial charge < -0.3 is 24.4 Å². The average Bonchev–Trinajstić information content (AvgIpc) is 3.15. The molecule has 0 unspecified atom stereocenters. The largest absolute Gasteiger partial charge is 0.493 e. The number of fused-ring (bicyclic) bond motifs is 2. The van der Waals surface area contributed by atoms with Gasteiger partial charge in [0.25, 0.3) is 5.91 Å². The van der Waals surface area contributed by atoms with Crippen LogP contribution in [-0.4, -0.2) is 58.9 Å². The second-order valence-electron chi connectivity index (χ2n) is 12.2. The predicted octanol–water partition coefficient (Wildman–Crippen LogP) is 8.03. The Balaban J connectivity index is 1.08. The van der Waals surface area contributed by atoms with Crippen LogP contribution in [0.5, 0.6) is 23.0 Å². The highest BCUT2D eigenvalue weighted by Gasteiger charge is 2.20. The fourth-order valence-electron chi connectivity index (χ4n) is 6.22. The van der Waals surface area contributed by atoms with Gasteiger partial charge in [-0.25, -0.2) is 9.07 Å². The van der Waals surface area contributed by atoms with Crippen LogP contribution in [0.15, 0.2) is 95.9 Å². The third-order valence-corrected chi connectivity index (χ3v) is 9.05. The van der Waals surface area contributed by atoms with Crippen molar-refractivity contribution in [3.8, 4) is 28.7 Å². The van der Waals surface area contributed by atoms with Gasteiger partial charge in [-0.15, -0.1) is 0 Å². The van der Waals surface area contributed by atoms with Crippen molar-refractivity contribution in [3.63, 3.8) is 0 Å². The van der Waals surface area contributed by atoms with Crippen molar-refractivity contribution >= 4 is 45.0 Å². The minimum Gasteiger partial charge on any atom is -0.493 e. The zero-order valence-electron chi connectivity index (χ0n) is 27.9. The molecule has 0 saturated carbocycles. The first kappa shape index (κ1) is 34.0. The normalized spacial score (nSPS) is 13.3. The van der Waals surface area contributed by atoms with Gasteiger partial charge in [-0.2, -0.15) is 5.10 Å². The Hall–Kier alpha value is -5.52. The third kappa shape index (κ3) is 7.50. The molecule has 10 nitrogen and oxygen atoms in total. The minimum atomic E-state index is -0.793. The maximum absolute atomic E-state index is 15.5. The number of para-hydroxylation sites is 1. The maximum Gasteiger partial charge on any atom is 0.280 e. The number of piperidine rings is 1. The number of carbonyl (C=O) groups is 1. The van der Waals surface area contributed by atoms with E-state index in [4.69, 9.17) is 25.8 Å². The summed E-state index contributed by atoms with van der Waals surface area (Å²) in [5, 5.41) is 8.42. The fraction of sp³-hybridized carbons (Fsp3) is 0.231. The summed E-state index contributed by atoms with van der Waals surface area (Å²) in [6, 6.07) is 22.9. The summed E-state index contributed by atoms with van der Waals surface area (Å²) < 4.78 is 34.7. The number of pyridine rings is 1. The number of hydrogen-bond donors (Lipinski definition) is 1. The SMILES string of the molecule is COc1cc2c(Oc3ccc(NC(=O)c4nn(-c5ccc(Cl)cc5)c5ccccc5c4=O)cc3F)ccnc2cc1OCCCN1CCCCC1. The summed E-state index contributed by atoms with van der Waals surface area (Å²) in [5.74, 6) is -0.170. The molecule has 1 aliphatic rings. The topological polar surface area (TPSA) is 108 Å². The van der Waals surface area contributed by atoms with Crippen LogP contribution < -0.4 is 25.0 Å². The first-order chi connectivity index (χ1) is 24.9. The third-order valence-electron chi connectivity index (χ3n) is 8.80. The van der Waals surface area contributed by atoms with Crippen LogP contribution in [-0.2, 0) is 0 Å². The van der Waals surface area contributed by atoms with Gasteiger partial charge in [-0.1, -0.05) is 30.2 Å². The summed E-state index contributed by atoms with van der Waals surface area (Å²) in [6.45, 7) is 3.81. The molecule has 2 aromatic heterocycles. The number of rotatable bonds is 11. The van der Waals surface area contributed by atoms with E-state index >= 15 is 4.39 Å². The smallest absolute Gasteiger partial charge is 0.280 e. The molecule has 0 bridgehead atoms. The molecule has 51 heavy (non-hydrogen) atoms. The quantitative estimate of drug-likeness (QED) is 0.135. The standard InChI is InChI=1S/C39H35ClFN5O5/c1-49-35-23-29-31(24-36(35)50-21-7-20-45-18-5-2-6-19-45)42-17-16-33(29)51-34-15-12-26(22-30(34)41)43-39(48)37-38(47)28-8-3-4-9-32(28)46(44-37)27-13-10-25(40)11-14-27/h3-4,8-17,22-24H,2,5-7,18-21H2,1H3,(H,43,48). The molecule has 1 N–H and O–H groups in total. The van der Waals surface area contributed by atoms with E-state index < -0.39 is 17.2 Å². The van der Waals surface area contributed by atoms with Crippen LogP contribution in [0, 0.1) is 5.82 Å². The number of methoxy groups -OCH3 is 1. The molecule has 1 aliphatic heterocycles. The second kappa shape index (κ2) is 15.2. The molecular formula is C39H35ClFN5O5. The second-order valence-corrected chi connectivity index (χ2v) is 12.7. The number of hydrogen-bond acceptors (Lipinski definition) is 8. The molecule has 1 fully saturated rings. The summed E-state index contributed by atoms with van der Waals surface area (Å²) in [7, 11) is 1.56. The Labute approximate surface area is 298 Å². The molecule has 0 spiro atoms. The van der Waals surface area contributed by atoms with Crippen molar-refractivity contribution in [3.05, 3.63) is 118 Å². The Morgan fingerprint density at radius 2 is 1.71 bits per heavy atom. The van der Waals surface area contributed by atoms with Crippen molar-refractivity contribution in [1.82, 2.24) is 19.7 Å². The lowest BCUT2D eigenvalue weighted by molar-refractivity contribution is 0.102. The number of nitrogens with zero attached hydrogens (tertiary/aromatic N) is 4. The van der Waals surface area contributed by atoms with E-state index in [9.17, 15) is 9.59 Å². The molecule has 4 aromatic carbocycles. The zero-order valence-corrected chi connectivity index (χ0v) is 28.7. The summed E-state index contributed by atoms with van der Waals surface area (Å²) >= 11 is 6.07. The van der Waals surface area contributed by atoms with Gasteiger partial charge in [-0.3, -0.25) is 14.6 Å². The molecule has 0 atom stereocenters. The van der Waals surface area contributed by atoms with E-state index in [1.54, 1.807) is 80.0 Å². The molecule has 6 aromatic rings. The average molecular weight is 708 g/mol. The highest BCUT2D eigenvalue weighted by Crippen LogP contribution is 2.38. The molecule has 0 aliphatic carbocycles. The lowest BCUT2D eigenvalue weighted by Gasteiger charge is -2.26. The number of ether oxygens (including phenoxy) is 3. The van der Waals surface area contributed by atoms with E-state index in [2.05, 4.69) is 20.3 Å². The van der Waals surface area contributed by atoms with Crippen molar-refractivity contribution in [2.45, 2.75) is 25.7 Å². The number of halogens is 2. The number of carbonyl (C=O) groups excluding carboxylic acids is 1. The molecule has 3 heterocycles. The lowest BCUT2D eigenvalue weighted by atomic mass is 10.1. The molecular weight excluding hydrogens is 673 g/mol. The molecule has 7 rings (SSSR count). The van der Waals surface area contributed by atoms with Gasteiger partial charge in [0.2, 0.25) is 5.43 Å². The first-order valence-corrected chi connectivity index (χ1v) is 17.1. The van der Waals surface area contributed by atoms with E-state index in [1.165, 1.54) is 36.1 Å². The van der Waals surface area contributed by atoms with Crippen molar-refractivity contribution in [1.29, 1.82) is 0 Å². The number of aromatic nitrogens is 3. The monoisotopic (exact) mass is 707 g/mol. The number of likely N-dealkylation sites (tertiary alicyclic amines) is 1. The van der Waals surface area contributed by atoms with Gasteiger partial charge in [0, 0.05) is 41.0 Å². The van der Waals surface area contributed by atoms with Gasteiger partial charge in [0.1, 0.15) is 5.75 Å². The minimum absolute atomic E-state index is 0.0774. The molecule has 12 heteroatoms. The zero-order chi connectivity index (χ0) is 35.3. The molecule has 260 valence electrons. The Bertz CT molecular complexity index is 2270. The Kier molecular flexibility index (Phi) is 10.1. The summed E-state index contributed by atoms with van der Waals surface area (Å²) in [4.78, 5) is 33.7. The van der Waals surface area contributed by atoms with Crippen LogP contribution in [0.1, 0.15) is 36.2 Å². The van der Waals surface area contributed by atoms with Crippen molar-refractivity contribution in [2.75, 3.05) is 38.7 Å². The van der Waals surface area contributed by atoms with Crippen LogP contribution in [0.2, 0.25) is 5.02 Å². The van der Waals surface area contributed by atoms with Gasteiger partial charge in [0.15, 0.2) is 28.8 Å². The van der Waals surface area contributed by atoms with Crippen LogP contribution in [0.3, 0.4) is 0 Å². The number of nitrogens with one attached hydrogen (secondary N) is 1. The van der Waals surface area contributed by atoms with Gasteiger partial charge in [0.05, 0.1) is 35.8 Å². The summed E-state index contributed by atoms with van der Waals surface area (Å²) in [5.41, 5.74) is 0.913. The number of anilines is 1. The van der Waals surface area contributed by atoms with E-state index in [-0.39, 0.29) is 17.1 Å². The van der Waals surface area contributed by atoms with Crippen LogP contribution >= 0.6 is 11.6 Å². The van der Waals surface area contributed by atoms with E-state index in [0.717, 1.165) is 32.1 Å². The molecule has 0 radical (unpaired) electrons. The maximum atomic E-state index is 15.5. The lowest BCUT2D eigenvalue weighted by Crippen LogP contribution is -2.31. The van der Waals surface area contributed by atoms with Crippen molar-refractivity contribution < 1.29 is 23.4 Å². The Morgan fingerprint density at radius 3 is 2.49 bits per heavy atom. The van der Waals surface area contributed by atoms with Gasteiger partial charge >= 0.3 is 0 Å². The van der Waals surface area contributed by atoms with E-state index in [0.29, 0.717) is 56.4 Å². The van der Waals surface area contributed by atoms with Crippen LogP contribution in [0.25, 0.3) is 27.5 Å². The van der Waals surface area contributed by atoms with Crippen LogP contribution in [0.4, 0.5) is 10.1 Å². The number of benzene rings is 4. The van der Waals surface area contributed by atoms with Crippen molar-refractivity contribution in [2.24, 2.45) is 0 Å². The highest BCUT2D eigenvalue weighted by atomic mass is 35.5.